The molecule has 0 radical (unpaired) electrons. The van der Waals surface area contributed by atoms with Gasteiger partial charge >= 0.3 is 0 Å². The number of nitro benzene ring substituents is 1. The van der Waals surface area contributed by atoms with Crippen molar-refractivity contribution in [1.29, 1.82) is 0 Å². The fourth-order valence-corrected chi connectivity index (χ4v) is 3.92. The van der Waals surface area contributed by atoms with Crippen LogP contribution in [0.2, 0.25) is 5.02 Å². The van der Waals surface area contributed by atoms with Gasteiger partial charge in [0.2, 0.25) is 0 Å². The summed E-state index contributed by atoms with van der Waals surface area (Å²) in [7, 11) is 0. The van der Waals surface area contributed by atoms with E-state index in [1.165, 1.54) is 12.1 Å². The van der Waals surface area contributed by atoms with Crippen LogP contribution in [-0.4, -0.2) is 11.5 Å². The summed E-state index contributed by atoms with van der Waals surface area (Å²) in [6, 6.07) is 24.3. The quantitative estimate of drug-likeness (QED) is 0.214. The van der Waals surface area contributed by atoms with Gasteiger partial charge in [0.1, 0.15) is 6.61 Å². The Morgan fingerprint density at radius 2 is 1.76 bits per heavy atom. The molecule has 168 valence electrons. The minimum Gasteiger partial charge on any atom is -0.490 e. The van der Waals surface area contributed by atoms with Crippen LogP contribution >= 0.6 is 11.6 Å². The maximum absolute atomic E-state index is 11.0. The van der Waals surface area contributed by atoms with E-state index in [4.69, 9.17) is 21.1 Å². The molecule has 7 heteroatoms. The fourth-order valence-electron chi connectivity index (χ4n) is 3.63. The summed E-state index contributed by atoms with van der Waals surface area (Å²) in [4.78, 5) is 10.6. The number of benzene rings is 4. The van der Waals surface area contributed by atoms with Crippen molar-refractivity contribution in [3.05, 3.63) is 105 Å². The highest BCUT2D eigenvalue weighted by Crippen LogP contribution is 2.38. The van der Waals surface area contributed by atoms with E-state index < -0.39 is 4.92 Å². The topological polar surface area (TPSA) is 73.6 Å². The third kappa shape index (κ3) is 5.35. The van der Waals surface area contributed by atoms with Crippen molar-refractivity contribution in [2.24, 2.45) is 0 Å². The Balaban J connectivity index is 1.53. The fraction of sp³-hybridized carbons (Fsp3) is 0.154. The predicted molar refractivity (Wildman–Crippen MR) is 131 cm³/mol. The lowest BCUT2D eigenvalue weighted by molar-refractivity contribution is -0.384. The molecule has 0 amide bonds. The van der Waals surface area contributed by atoms with Gasteiger partial charge in [-0.3, -0.25) is 10.1 Å². The van der Waals surface area contributed by atoms with Crippen LogP contribution in [-0.2, 0) is 13.2 Å². The molecule has 0 aromatic heterocycles. The smallest absolute Gasteiger partial charge is 0.271 e. The zero-order valence-electron chi connectivity index (χ0n) is 18.1. The summed E-state index contributed by atoms with van der Waals surface area (Å²) in [5, 5.41) is 16.9. The molecule has 0 aliphatic heterocycles. The van der Waals surface area contributed by atoms with Crippen molar-refractivity contribution in [3.63, 3.8) is 0 Å². The third-order valence-corrected chi connectivity index (χ3v) is 5.46. The molecule has 0 aliphatic carbocycles. The number of fused-ring (bicyclic) bond motifs is 1. The van der Waals surface area contributed by atoms with E-state index in [1.54, 1.807) is 12.1 Å². The molecule has 0 bridgehead atoms. The van der Waals surface area contributed by atoms with Gasteiger partial charge in [-0.05, 0) is 47.0 Å². The van der Waals surface area contributed by atoms with Crippen LogP contribution in [0.25, 0.3) is 10.8 Å². The van der Waals surface area contributed by atoms with Crippen LogP contribution in [0.3, 0.4) is 0 Å². The van der Waals surface area contributed by atoms with E-state index in [-0.39, 0.29) is 5.69 Å². The number of halogens is 1. The summed E-state index contributed by atoms with van der Waals surface area (Å²) >= 11 is 6.58. The average molecular weight is 463 g/mol. The zero-order chi connectivity index (χ0) is 23.2. The molecule has 0 spiro atoms. The standard InChI is InChI=1S/C26H23ClN2O4/c1-2-32-25-14-18(16-28-21-10-6-11-22(15-21)29(30)31)13-24(27)26(25)33-17-20-9-5-8-19-7-3-4-12-23(19)20/h3-15,28H,2,16-17H2,1H3. The van der Waals surface area contributed by atoms with E-state index in [0.29, 0.717) is 42.0 Å². The second-order valence-corrected chi connectivity index (χ2v) is 7.83. The van der Waals surface area contributed by atoms with Gasteiger partial charge in [-0.25, -0.2) is 0 Å². The summed E-state index contributed by atoms with van der Waals surface area (Å²) in [6.07, 6.45) is 0. The number of non-ortho nitro benzene ring substituents is 1. The van der Waals surface area contributed by atoms with Crippen LogP contribution in [0.1, 0.15) is 18.1 Å². The molecule has 0 heterocycles. The van der Waals surface area contributed by atoms with Crippen molar-refractivity contribution in [3.8, 4) is 11.5 Å². The lowest BCUT2D eigenvalue weighted by atomic mass is 10.1. The van der Waals surface area contributed by atoms with E-state index in [0.717, 1.165) is 21.9 Å². The van der Waals surface area contributed by atoms with E-state index in [9.17, 15) is 10.1 Å². The highest BCUT2D eigenvalue weighted by Gasteiger charge is 2.14. The Hall–Kier alpha value is -3.77. The first-order valence-electron chi connectivity index (χ1n) is 10.6. The molecule has 0 aliphatic rings. The van der Waals surface area contributed by atoms with Crippen molar-refractivity contribution < 1.29 is 14.4 Å². The van der Waals surface area contributed by atoms with Gasteiger partial charge in [0.05, 0.1) is 16.6 Å². The van der Waals surface area contributed by atoms with E-state index in [2.05, 4.69) is 23.5 Å². The number of nitro groups is 1. The summed E-state index contributed by atoms with van der Waals surface area (Å²) in [6.45, 7) is 3.14. The molecule has 4 rings (SSSR count). The Kier molecular flexibility index (Phi) is 6.95. The second kappa shape index (κ2) is 10.2. The molecule has 0 saturated heterocycles. The van der Waals surface area contributed by atoms with Crippen molar-refractivity contribution in [2.45, 2.75) is 20.1 Å². The first-order valence-corrected chi connectivity index (χ1v) is 11.0. The molecule has 0 saturated carbocycles. The largest absolute Gasteiger partial charge is 0.490 e. The van der Waals surface area contributed by atoms with Gasteiger partial charge in [-0.1, -0.05) is 60.1 Å². The zero-order valence-corrected chi connectivity index (χ0v) is 18.8. The summed E-state index contributed by atoms with van der Waals surface area (Å²) in [5.74, 6) is 1.05. The van der Waals surface area contributed by atoms with Crippen LogP contribution in [0.4, 0.5) is 11.4 Å². The normalized spacial score (nSPS) is 10.7. The predicted octanol–water partition coefficient (Wildman–Crippen LogP) is 6.99. The number of hydrogen-bond donors (Lipinski definition) is 1. The number of anilines is 1. The molecule has 1 N–H and O–H groups in total. The molecular weight excluding hydrogens is 440 g/mol. The first-order chi connectivity index (χ1) is 16.0. The molecule has 0 fully saturated rings. The van der Waals surface area contributed by atoms with Gasteiger partial charge in [-0.2, -0.15) is 0 Å². The Morgan fingerprint density at radius 3 is 2.58 bits per heavy atom. The monoisotopic (exact) mass is 462 g/mol. The molecule has 0 atom stereocenters. The molecular formula is C26H23ClN2O4. The first kappa shape index (κ1) is 22.4. The van der Waals surface area contributed by atoms with Crippen LogP contribution in [0, 0.1) is 10.1 Å². The number of nitrogens with zero attached hydrogens (tertiary/aromatic N) is 1. The Labute approximate surface area is 196 Å². The van der Waals surface area contributed by atoms with Crippen molar-refractivity contribution in [1.82, 2.24) is 0 Å². The highest BCUT2D eigenvalue weighted by molar-refractivity contribution is 6.32. The highest BCUT2D eigenvalue weighted by atomic mass is 35.5. The maximum atomic E-state index is 11.0. The van der Waals surface area contributed by atoms with Gasteiger partial charge in [-0.15, -0.1) is 0 Å². The Morgan fingerprint density at radius 1 is 0.970 bits per heavy atom. The van der Waals surface area contributed by atoms with E-state index >= 15 is 0 Å². The Bertz CT molecular complexity index is 1290. The van der Waals surface area contributed by atoms with Crippen molar-refractivity contribution >= 4 is 33.7 Å². The average Bonchev–Trinajstić information content (AvgIpc) is 2.82. The number of hydrogen-bond acceptors (Lipinski definition) is 5. The lowest BCUT2D eigenvalue weighted by Crippen LogP contribution is -2.04. The minimum atomic E-state index is -0.419. The maximum Gasteiger partial charge on any atom is 0.271 e. The van der Waals surface area contributed by atoms with Gasteiger partial charge in [0.15, 0.2) is 11.5 Å². The lowest BCUT2D eigenvalue weighted by Gasteiger charge is -2.16. The molecule has 4 aromatic carbocycles. The van der Waals surface area contributed by atoms with Crippen molar-refractivity contribution in [2.75, 3.05) is 11.9 Å². The van der Waals surface area contributed by atoms with Crippen LogP contribution in [0.15, 0.2) is 78.9 Å². The molecule has 6 nitrogen and oxygen atoms in total. The SMILES string of the molecule is CCOc1cc(CNc2cccc([N+](=O)[O-])c2)cc(Cl)c1OCc1cccc2ccccc12. The van der Waals surface area contributed by atoms with Gasteiger partial charge < -0.3 is 14.8 Å². The number of ether oxygens (including phenoxy) is 2. The third-order valence-electron chi connectivity index (χ3n) is 5.17. The minimum absolute atomic E-state index is 0.0326. The van der Waals surface area contributed by atoms with Crippen LogP contribution in [0.5, 0.6) is 11.5 Å². The van der Waals surface area contributed by atoms with Gasteiger partial charge in [0.25, 0.3) is 5.69 Å². The van der Waals surface area contributed by atoms with E-state index in [1.807, 2.05) is 43.3 Å². The van der Waals surface area contributed by atoms with Crippen LogP contribution < -0.4 is 14.8 Å². The number of nitrogens with one attached hydrogen (secondary N) is 1. The molecule has 33 heavy (non-hydrogen) atoms. The second-order valence-electron chi connectivity index (χ2n) is 7.43. The molecule has 0 unspecified atom stereocenters. The van der Waals surface area contributed by atoms with Gasteiger partial charge in [0, 0.05) is 24.4 Å². The number of rotatable bonds is 9. The summed E-state index contributed by atoms with van der Waals surface area (Å²) in [5.41, 5.74) is 2.61. The summed E-state index contributed by atoms with van der Waals surface area (Å²) < 4.78 is 11.9. The molecule has 4 aromatic rings.